The molecule has 166 valence electrons. The number of ether oxygens (including phenoxy) is 2. The zero-order valence-electron chi connectivity index (χ0n) is 18.7. The molecule has 2 aliphatic rings. The summed E-state index contributed by atoms with van der Waals surface area (Å²) in [5.41, 5.74) is 0.807. The normalized spacial score (nSPS) is 20.3. The van der Waals surface area contributed by atoms with Crippen LogP contribution < -0.4 is 14.4 Å². The molecule has 2 saturated heterocycles. The van der Waals surface area contributed by atoms with Crippen molar-refractivity contribution >= 4 is 40.0 Å². The predicted molar refractivity (Wildman–Crippen MR) is 124 cm³/mol. The van der Waals surface area contributed by atoms with Gasteiger partial charge in [-0.2, -0.15) is 0 Å². The number of hydrogen-bond acceptors (Lipinski definition) is 7. The number of likely N-dealkylation sites (N-methyl/N-ethyl adjacent to an activating group) is 1. The zero-order valence-corrected chi connectivity index (χ0v) is 19.5. The largest absolute Gasteiger partial charge is 0.493 e. The Balaban J connectivity index is 1.55. The third-order valence-corrected chi connectivity index (χ3v) is 6.78. The maximum atomic E-state index is 13.1. The number of anilines is 1. The minimum absolute atomic E-state index is 0.116. The highest BCUT2D eigenvalue weighted by molar-refractivity contribution is 7.80. The SMILES string of the molecule is COc1cc2ncnc(N3CCC(N4C(=O)C(C(C)C)N(C)C4=S)CC3)c2cc1OC. The summed E-state index contributed by atoms with van der Waals surface area (Å²) in [6, 6.07) is 3.75. The van der Waals surface area contributed by atoms with Crippen LogP contribution in [0, 0.1) is 5.92 Å². The minimum Gasteiger partial charge on any atom is -0.493 e. The van der Waals surface area contributed by atoms with E-state index in [-0.39, 0.29) is 23.9 Å². The Morgan fingerprint density at radius 1 is 1.10 bits per heavy atom. The van der Waals surface area contributed by atoms with Crippen LogP contribution in [0.1, 0.15) is 26.7 Å². The number of amides is 1. The van der Waals surface area contributed by atoms with Crippen molar-refractivity contribution in [1.29, 1.82) is 0 Å². The molecule has 2 aliphatic heterocycles. The highest BCUT2D eigenvalue weighted by Crippen LogP contribution is 2.36. The van der Waals surface area contributed by atoms with Crippen molar-refractivity contribution in [3.8, 4) is 11.5 Å². The maximum Gasteiger partial charge on any atom is 0.252 e. The molecular weight excluding hydrogens is 414 g/mol. The third-order valence-electron chi connectivity index (χ3n) is 6.30. The van der Waals surface area contributed by atoms with Crippen LogP contribution in [0.25, 0.3) is 10.9 Å². The number of thiocarbonyl (C=S) groups is 1. The average molecular weight is 444 g/mol. The summed E-state index contributed by atoms with van der Waals surface area (Å²) in [6.07, 6.45) is 3.25. The molecule has 0 spiro atoms. The number of fused-ring (bicyclic) bond motifs is 1. The highest BCUT2D eigenvalue weighted by Gasteiger charge is 2.45. The van der Waals surface area contributed by atoms with E-state index in [9.17, 15) is 4.79 Å². The Labute approximate surface area is 188 Å². The minimum atomic E-state index is -0.168. The molecule has 4 rings (SSSR count). The fraction of sp³-hybridized carbons (Fsp3) is 0.545. The van der Waals surface area contributed by atoms with Gasteiger partial charge in [0, 0.05) is 37.6 Å². The van der Waals surface area contributed by atoms with E-state index in [1.54, 1.807) is 20.5 Å². The molecule has 1 unspecified atom stereocenters. The summed E-state index contributed by atoms with van der Waals surface area (Å²) in [5, 5.41) is 1.57. The molecule has 9 heteroatoms. The Morgan fingerprint density at radius 3 is 2.32 bits per heavy atom. The highest BCUT2D eigenvalue weighted by atomic mass is 32.1. The topological polar surface area (TPSA) is 71.0 Å². The van der Waals surface area contributed by atoms with Gasteiger partial charge in [0.15, 0.2) is 16.6 Å². The number of piperidine rings is 1. The number of aromatic nitrogens is 2. The fourth-order valence-electron chi connectivity index (χ4n) is 4.72. The smallest absolute Gasteiger partial charge is 0.252 e. The second kappa shape index (κ2) is 8.45. The molecule has 0 radical (unpaired) electrons. The summed E-state index contributed by atoms with van der Waals surface area (Å²) >= 11 is 5.63. The van der Waals surface area contributed by atoms with Crippen LogP contribution in [-0.2, 0) is 4.79 Å². The lowest BCUT2D eigenvalue weighted by Crippen LogP contribution is -2.48. The van der Waals surface area contributed by atoms with Gasteiger partial charge in [0.05, 0.1) is 19.7 Å². The zero-order chi connectivity index (χ0) is 22.3. The molecule has 1 aromatic heterocycles. The molecular formula is C22H29N5O3S. The van der Waals surface area contributed by atoms with Crippen LogP contribution in [0.3, 0.4) is 0 Å². The second-order valence-electron chi connectivity index (χ2n) is 8.43. The van der Waals surface area contributed by atoms with E-state index in [1.807, 2.05) is 29.0 Å². The van der Waals surface area contributed by atoms with Gasteiger partial charge in [-0.25, -0.2) is 9.97 Å². The van der Waals surface area contributed by atoms with Crippen molar-refractivity contribution in [3.05, 3.63) is 18.5 Å². The molecule has 1 amide bonds. The number of hydrogen-bond donors (Lipinski definition) is 0. The van der Waals surface area contributed by atoms with Gasteiger partial charge in [0.1, 0.15) is 18.2 Å². The Hall–Kier alpha value is -2.68. The molecule has 31 heavy (non-hydrogen) atoms. The van der Waals surface area contributed by atoms with E-state index in [0.29, 0.717) is 16.6 Å². The molecule has 2 aromatic rings. The summed E-state index contributed by atoms with van der Waals surface area (Å²) in [6.45, 7) is 5.70. The van der Waals surface area contributed by atoms with Gasteiger partial charge in [0.2, 0.25) is 0 Å². The number of benzene rings is 1. The van der Waals surface area contributed by atoms with Crippen molar-refractivity contribution in [2.24, 2.45) is 5.92 Å². The number of rotatable bonds is 5. The van der Waals surface area contributed by atoms with Crippen molar-refractivity contribution < 1.29 is 14.3 Å². The van der Waals surface area contributed by atoms with E-state index < -0.39 is 0 Å². The lowest BCUT2D eigenvalue weighted by atomic mass is 10.0. The van der Waals surface area contributed by atoms with E-state index >= 15 is 0 Å². The van der Waals surface area contributed by atoms with Crippen molar-refractivity contribution in [1.82, 2.24) is 19.8 Å². The van der Waals surface area contributed by atoms with E-state index in [0.717, 1.165) is 42.7 Å². The van der Waals surface area contributed by atoms with Gasteiger partial charge in [-0.3, -0.25) is 9.69 Å². The molecule has 0 bridgehead atoms. The molecule has 0 saturated carbocycles. The van der Waals surface area contributed by atoms with Crippen molar-refractivity contribution in [2.75, 3.05) is 39.3 Å². The van der Waals surface area contributed by atoms with Crippen LogP contribution in [0.15, 0.2) is 18.5 Å². The Kier molecular flexibility index (Phi) is 5.88. The van der Waals surface area contributed by atoms with Gasteiger partial charge in [-0.1, -0.05) is 13.8 Å². The van der Waals surface area contributed by atoms with Crippen molar-refractivity contribution in [2.45, 2.75) is 38.8 Å². The molecule has 1 aromatic carbocycles. The number of nitrogens with zero attached hydrogens (tertiary/aromatic N) is 5. The molecule has 0 aliphatic carbocycles. The van der Waals surface area contributed by atoms with Crippen LogP contribution in [0.2, 0.25) is 0 Å². The van der Waals surface area contributed by atoms with E-state index in [2.05, 4.69) is 28.7 Å². The summed E-state index contributed by atoms with van der Waals surface area (Å²) in [7, 11) is 5.16. The third kappa shape index (κ3) is 3.64. The van der Waals surface area contributed by atoms with Gasteiger partial charge in [-0.15, -0.1) is 0 Å². The first-order chi connectivity index (χ1) is 14.9. The van der Waals surface area contributed by atoms with Crippen molar-refractivity contribution in [3.63, 3.8) is 0 Å². The first-order valence-corrected chi connectivity index (χ1v) is 11.0. The first kappa shape index (κ1) is 21.5. The second-order valence-corrected chi connectivity index (χ2v) is 8.80. The van der Waals surface area contributed by atoms with Crippen LogP contribution in [0.5, 0.6) is 11.5 Å². The maximum absolute atomic E-state index is 13.1. The molecule has 1 atom stereocenters. The van der Waals surface area contributed by atoms with Gasteiger partial charge >= 0.3 is 0 Å². The summed E-state index contributed by atoms with van der Waals surface area (Å²) in [5.74, 6) is 2.52. The Bertz CT molecular complexity index is 1010. The van der Waals surface area contributed by atoms with Gasteiger partial charge in [0.25, 0.3) is 5.91 Å². The quantitative estimate of drug-likeness (QED) is 0.654. The van der Waals surface area contributed by atoms with Crippen LogP contribution in [0.4, 0.5) is 5.82 Å². The summed E-state index contributed by atoms with van der Waals surface area (Å²) < 4.78 is 10.9. The predicted octanol–water partition coefficient (Wildman–Crippen LogP) is 2.70. The lowest BCUT2D eigenvalue weighted by molar-refractivity contribution is -0.130. The van der Waals surface area contributed by atoms with Gasteiger partial charge < -0.3 is 19.3 Å². The molecule has 2 fully saturated rings. The van der Waals surface area contributed by atoms with E-state index in [4.69, 9.17) is 21.7 Å². The monoisotopic (exact) mass is 443 g/mol. The fourth-order valence-corrected chi connectivity index (χ4v) is 5.07. The van der Waals surface area contributed by atoms with Crippen LogP contribution >= 0.6 is 12.2 Å². The summed E-state index contributed by atoms with van der Waals surface area (Å²) in [4.78, 5) is 28.1. The first-order valence-electron chi connectivity index (χ1n) is 10.6. The number of carbonyl (C=O) groups is 1. The van der Waals surface area contributed by atoms with Gasteiger partial charge in [-0.05, 0) is 37.0 Å². The van der Waals surface area contributed by atoms with E-state index in [1.165, 1.54) is 0 Å². The number of carbonyl (C=O) groups excluding carboxylic acids is 1. The standard InChI is InChI=1S/C22H29N5O3S/c1-13(2)19-21(28)27(22(31)25(19)3)14-6-8-26(9-7-14)20-15-10-17(29-4)18(30-5)11-16(15)23-12-24-20/h10-14,19H,6-9H2,1-5H3. The lowest BCUT2D eigenvalue weighted by Gasteiger charge is -2.37. The van der Waals surface area contributed by atoms with Crippen LogP contribution in [-0.4, -0.2) is 77.2 Å². The Morgan fingerprint density at radius 2 is 1.74 bits per heavy atom. The number of methoxy groups -OCH3 is 2. The average Bonchev–Trinajstić information content (AvgIpc) is 3.00. The molecule has 3 heterocycles. The molecule has 8 nitrogen and oxygen atoms in total. The molecule has 0 N–H and O–H groups in total.